The van der Waals surface area contributed by atoms with Crippen molar-refractivity contribution in [3.05, 3.63) is 484 Å². The van der Waals surface area contributed by atoms with E-state index in [4.69, 9.17) is 33.4 Å². The molecule has 0 fully saturated rings. The Kier molecular flexibility index (Phi) is 18.8. The zero-order chi connectivity index (χ0) is 93.8. The molecular formula is C132H84N4O6. The Labute approximate surface area is 817 Å². The van der Waals surface area contributed by atoms with Crippen molar-refractivity contribution in [2.45, 2.75) is 19.3 Å². The van der Waals surface area contributed by atoms with E-state index in [1.165, 1.54) is 126 Å². The molecule has 7 heterocycles. The van der Waals surface area contributed by atoms with Crippen molar-refractivity contribution < 1.29 is 28.4 Å². The Morgan fingerprint density at radius 3 is 0.817 bits per heavy atom. The van der Waals surface area contributed by atoms with Crippen LogP contribution in [0.2, 0.25) is 0 Å². The van der Waals surface area contributed by atoms with Crippen molar-refractivity contribution >= 4 is 109 Å². The average Bonchev–Trinajstić information content (AvgIpc) is 1.57. The maximum absolute atomic E-state index is 6.44. The maximum Gasteiger partial charge on any atom is 0.170 e. The normalized spacial score (nSPS) is 12.7. The van der Waals surface area contributed by atoms with E-state index in [9.17, 15) is 0 Å². The van der Waals surface area contributed by atoms with E-state index in [0.717, 1.165) is 140 Å². The fourth-order valence-electron chi connectivity index (χ4n) is 22.0. The minimum Gasteiger partial charge on any atom is -0.449 e. The van der Waals surface area contributed by atoms with Gasteiger partial charge >= 0.3 is 0 Å². The number of rotatable bonds is 9. The second-order valence-corrected chi connectivity index (χ2v) is 37.6. The fraction of sp³-hybridized carbons (Fsp3) is 0.0227. The highest BCUT2D eigenvalue weighted by Crippen LogP contribution is 2.56. The molecule has 10 heteroatoms. The average molecular weight is 1820 g/mol. The van der Waals surface area contributed by atoms with Gasteiger partial charge in [-0.25, -0.2) is 4.98 Å². The molecular weight excluding hydrogens is 1740 g/mol. The van der Waals surface area contributed by atoms with E-state index >= 15 is 0 Å². The molecule has 668 valence electrons. The van der Waals surface area contributed by atoms with E-state index < -0.39 is 0 Å². The van der Waals surface area contributed by atoms with Gasteiger partial charge in [0.05, 0.1) is 44.5 Å². The molecule has 26 aromatic rings. The van der Waals surface area contributed by atoms with Crippen molar-refractivity contribution in [1.82, 2.24) is 18.7 Å². The summed E-state index contributed by atoms with van der Waals surface area (Å²) in [6, 6.07) is 167. The summed E-state index contributed by atoms with van der Waals surface area (Å²) in [4.78, 5) is 5.10. The van der Waals surface area contributed by atoms with Gasteiger partial charge in [0, 0.05) is 65.9 Å². The van der Waals surface area contributed by atoms with E-state index in [0.29, 0.717) is 17.2 Å². The smallest absolute Gasteiger partial charge is 0.170 e. The third-order valence-corrected chi connectivity index (χ3v) is 28.9. The van der Waals surface area contributed by atoms with Crippen molar-refractivity contribution in [2.75, 3.05) is 0 Å². The number of para-hydroxylation sites is 6. The molecule has 0 atom stereocenters. The van der Waals surface area contributed by atoms with Crippen LogP contribution in [0.1, 0.15) is 25.0 Å². The molecule has 0 amide bonds. The molecule has 22 aromatic carbocycles. The van der Waals surface area contributed by atoms with Gasteiger partial charge < -0.3 is 42.1 Å². The monoisotopic (exact) mass is 1820 g/mol. The van der Waals surface area contributed by atoms with Crippen LogP contribution in [0.5, 0.6) is 69.0 Å². The number of nitrogens with zero attached hydrogens (tertiary/aromatic N) is 4. The fourth-order valence-corrected chi connectivity index (χ4v) is 22.0. The van der Waals surface area contributed by atoms with E-state index in [1.807, 2.05) is 91.0 Å². The molecule has 3 aliphatic heterocycles. The molecule has 1 aliphatic carbocycles. The molecule has 30 rings (SSSR count). The first kappa shape index (κ1) is 81.6. The largest absolute Gasteiger partial charge is 0.449 e. The van der Waals surface area contributed by atoms with Gasteiger partial charge in [-0.05, 0) is 304 Å². The Morgan fingerprint density at radius 1 is 0.169 bits per heavy atom. The van der Waals surface area contributed by atoms with Gasteiger partial charge in [0.25, 0.3) is 0 Å². The van der Waals surface area contributed by atoms with Crippen LogP contribution in [0.4, 0.5) is 0 Å². The zero-order valence-electron chi connectivity index (χ0n) is 77.3. The number of hydrogen-bond acceptors (Lipinski definition) is 7. The zero-order valence-corrected chi connectivity index (χ0v) is 77.3. The first-order valence-corrected chi connectivity index (χ1v) is 48.2. The molecule has 142 heavy (non-hydrogen) atoms. The highest BCUT2D eigenvalue weighted by molar-refractivity contribution is 6.15. The number of aromatic nitrogens is 4. The number of benzene rings is 22. The molecule has 4 aromatic heterocycles. The quantitative estimate of drug-likeness (QED) is 0.142. The third-order valence-electron chi connectivity index (χ3n) is 28.9. The lowest BCUT2D eigenvalue weighted by Crippen LogP contribution is -2.15. The van der Waals surface area contributed by atoms with Gasteiger partial charge in [-0.15, -0.1) is 0 Å². The summed E-state index contributed by atoms with van der Waals surface area (Å²) < 4.78 is 45.1. The van der Waals surface area contributed by atoms with Crippen LogP contribution in [0, 0.1) is 0 Å². The predicted molar refractivity (Wildman–Crippen MR) is 580 cm³/mol. The molecule has 10 nitrogen and oxygen atoms in total. The van der Waals surface area contributed by atoms with Gasteiger partial charge in [-0.2, -0.15) is 0 Å². The standard InChI is InChI=1S/C49H33NO2.C44H27NO2.C39H24N2O2/c1-49(2)41-25-33(32-18-22-44-40(24-32)39-14-8-9-15-43(39)50(44)36-12-4-3-5-13-36)16-20-37(41)38-21-17-34(26-42(38)49)35-19-23-45-46(29-35)52-48-28-31-11-7-6-10-30(31)27-47(48)51-45;1-2-12-32(13-3-1)45-39-17-9-8-16-37(39)38-24-30(18-22-40(38)45)33-20-21-34(36-15-7-6-14-35(33)36)31-19-23-41-42(27-31)47-44-26-29-11-5-4-10-28(29)25-43(44)46-41;1-2-11-29(12-3-1)41-34-16-7-6-13-30(34)31-21-27(17-19-35(31)41)32-14-8-15-33(40-32)28-18-20-36-37(24-28)43-39-23-26-10-5-4-9-25(26)22-38(39)42-36/h3-29H,1-2H3;1-27H;1-24H. The molecule has 0 N–H and O–H groups in total. The first-order chi connectivity index (χ1) is 70.1. The molecule has 0 bridgehead atoms. The van der Waals surface area contributed by atoms with Crippen molar-refractivity contribution in [2.24, 2.45) is 0 Å². The first-order valence-electron chi connectivity index (χ1n) is 48.2. The Morgan fingerprint density at radius 2 is 0.415 bits per heavy atom. The summed E-state index contributed by atoms with van der Waals surface area (Å²) in [7, 11) is 0. The molecule has 0 spiro atoms. The summed E-state index contributed by atoms with van der Waals surface area (Å²) in [6.07, 6.45) is 0. The summed E-state index contributed by atoms with van der Waals surface area (Å²) in [5.74, 6) is 8.69. The highest BCUT2D eigenvalue weighted by Gasteiger charge is 2.37. The minimum atomic E-state index is -0.169. The van der Waals surface area contributed by atoms with Gasteiger partial charge in [0.1, 0.15) is 0 Å². The van der Waals surface area contributed by atoms with Gasteiger partial charge in [0.2, 0.25) is 0 Å². The van der Waals surface area contributed by atoms with Crippen LogP contribution >= 0.6 is 0 Å². The molecule has 0 radical (unpaired) electrons. The molecule has 0 saturated heterocycles. The van der Waals surface area contributed by atoms with Crippen LogP contribution in [0.3, 0.4) is 0 Å². The number of pyridine rings is 1. The van der Waals surface area contributed by atoms with Crippen molar-refractivity contribution in [3.8, 4) is 164 Å². The summed E-state index contributed by atoms with van der Waals surface area (Å²) in [6.45, 7) is 4.71. The number of fused-ring (bicyclic) bond motifs is 22. The van der Waals surface area contributed by atoms with Crippen molar-refractivity contribution in [1.29, 1.82) is 0 Å². The Hall–Kier alpha value is -18.8. The summed E-state index contributed by atoms with van der Waals surface area (Å²) in [5, 5.41) is 16.6. The highest BCUT2D eigenvalue weighted by atomic mass is 16.6. The van der Waals surface area contributed by atoms with Crippen LogP contribution in [-0.2, 0) is 5.41 Å². The lowest BCUT2D eigenvalue weighted by atomic mass is 9.81. The molecule has 4 aliphatic rings. The lowest BCUT2D eigenvalue weighted by Gasteiger charge is -2.23. The van der Waals surface area contributed by atoms with Gasteiger partial charge in [0.15, 0.2) is 69.0 Å². The summed E-state index contributed by atoms with van der Waals surface area (Å²) in [5.41, 5.74) is 29.0. The molecule has 0 unspecified atom stereocenters. The van der Waals surface area contributed by atoms with Crippen LogP contribution in [-0.4, -0.2) is 18.7 Å². The second-order valence-electron chi connectivity index (χ2n) is 37.6. The van der Waals surface area contributed by atoms with Crippen LogP contribution in [0.25, 0.3) is 204 Å². The topological polar surface area (TPSA) is 83.1 Å². The number of hydrogen-bond donors (Lipinski definition) is 0. The molecule has 0 saturated carbocycles. The van der Waals surface area contributed by atoms with Crippen LogP contribution < -0.4 is 28.4 Å². The Balaban J connectivity index is 0.000000105. The third kappa shape index (κ3) is 13.7. The Bertz CT molecular complexity index is 9730. The maximum atomic E-state index is 6.44. The van der Waals surface area contributed by atoms with E-state index in [-0.39, 0.29) is 5.41 Å². The van der Waals surface area contributed by atoms with Crippen LogP contribution in [0.15, 0.2) is 473 Å². The SMILES string of the molecule is CC1(C)c2cc(-c3ccc4c(c3)Oc3cc5ccccc5cc3O4)ccc2-c2ccc(-c3ccc4c(c3)c3ccccc3n4-c3ccccc3)cc21.c1ccc(-n2c3ccccc3c3cc(-c4ccc(-c5ccc6c(c5)Oc5cc7ccccc7cc5O6)c5ccccc45)ccc32)cc1.c1ccc(-n2c3ccccc3c3cc(-c4cccc(-c5ccc6c(c5)Oc5cc7ccccc7cc5O6)n4)ccc32)cc1. The van der Waals surface area contributed by atoms with E-state index in [1.54, 1.807) is 0 Å². The van der Waals surface area contributed by atoms with E-state index in [2.05, 4.69) is 410 Å². The van der Waals surface area contributed by atoms with Gasteiger partial charge in [-0.3, -0.25) is 0 Å². The number of ether oxygens (including phenoxy) is 6. The summed E-state index contributed by atoms with van der Waals surface area (Å²) >= 11 is 0. The van der Waals surface area contributed by atoms with Crippen molar-refractivity contribution in [3.63, 3.8) is 0 Å². The van der Waals surface area contributed by atoms with Gasteiger partial charge in [-0.1, -0.05) is 293 Å². The minimum absolute atomic E-state index is 0.169. The lowest BCUT2D eigenvalue weighted by molar-refractivity contribution is 0.360. The predicted octanol–water partition coefficient (Wildman–Crippen LogP) is 36.4. The second kappa shape index (κ2) is 32.7.